The summed E-state index contributed by atoms with van der Waals surface area (Å²) in [7, 11) is -11.3. The van der Waals surface area contributed by atoms with Gasteiger partial charge in [-0.1, -0.05) is 36.4 Å². The van der Waals surface area contributed by atoms with Gasteiger partial charge in [-0.15, -0.1) is 0 Å². The van der Waals surface area contributed by atoms with Crippen molar-refractivity contribution in [3.63, 3.8) is 0 Å². The largest absolute Gasteiger partial charge is 0.243 e. The Morgan fingerprint density at radius 1 is 0.967 bits per heavy atom. The first-order valence-electron chi connectivity index (χ1n) is 9.54. The molecule has 1 saturated heterocycles. The van der Waals surface area contributed by atoms with E-state index in [1.165, 1.54) is 22.5 Å². The Morgan fingerprint density at radius 2 is 1.60 bits per heavy atom. The van der Waals surface area contributed by atoms with Gasteiger partial charge in [-0.2, -0.15) is 4.31 Å². The predicted octanol–water partition coefficient (Wildman–Crippen LogP) is 2.25. The first kappa shape index (κ1) is 22.9. The van der Waals surface area contributed by atoms with E-state index in [0.29, 0.717) is 0 Å². The molecule has 0 saturated carbocycles. The van der Waals surface area contributed by atoms with Gasteiger partial charge in [0.25, 0.3) is 0 Å². The summed E-state index contributed by atoms with van der Waals surface area (Å²) in [5.74, 6) is -0.606. The minimum absolute atomic E-state index is 0.0216. The van der Waals surface area contributed by atoms with E-state index in [9.17, 15) is 25.3 Å². The van der Waals surface area contributed by atoms with Crippen LogP contribution in [0.25, 0.3) is 0 Å². The van der Waals surface area contributed by atoms with E-state index in [2.05, 4.69) is 0 Å². The summed E-state index contributed by atoms with van der Waals surface area (Å²) in [6, 6.07) is 14.0. The van der Waals surface area contributed by atoms with Gasteiger partial charge in [-0.05, 0) is 44.0 Å². The van der Waals surface area contributed by atoms with E-state index in [-0.39, 0.29) is 34.6 Å². The summed E-state index contributed by atoms with van der Waals surface area (Å²) in [5.41, 5.74) is 0.815. The number of hydrogen-bond donors (Lipinski definition) is 0. The molecule has 164 valence electrons. The maximum absolute atomic E-state index is 13.3. The molecular weight excluding hydrogens is 446 g/mol. The van der Waals surface area contributed by atoms with Crippen molar-refractivity contribution in [1.82, 2.24) is 4.31 Å². The molecular formula is C20H25NO6S3. The second kappa shape index (κ2) is 8.41. The van der Waals surface area contributed by atoms with E-state index in [0.717, 1.165) is 11.6 Å². The van der Waals surface area contributed by atoms with Crippen molar-refractivity contribution in [2.45, 2.75) is 47.9 Å². The fourth-order valence-corrected chi connectivity index (χ4v) is 9.60. The lowest BCUT2D eigenvalue weighted by atomic mass is 10.2. The van der Waals surface area contributed by atoms with Crippen LogP contribution in [0.5, 0.6) is 0 Å². The molecule has 0 spiro atoms. The third kappa shape index (κ3) is 4.77. The van der Waals surface area contributed by atoms with Crippen LogP contribution >= 0.6 is 0 Å². The molecule has 1 aliphatic heterocycles. The van der Waals surface area contributed by atoms with Crippen molar-refractivity contribution in [3.8, 4) is 0 Å². The van der Waals surface area contributed by atoms with Crippen LogP contribution < -0.4 is 0 Å². The average Bonchev–Trinajstić information content (AvgIpc) is 3.07. The van der Waals surface area contributed by atoms with Gasteiger partial charge in [0.15, 0.2) is 19.7 Å². The van der Waals surface area contributed by atoms with Gasteiger partial charge >= 0.3 is 0 Å². The Hall–Kier alpha value is -1.75. The second-order valence-corrected chi connectivity index (χ2v) is 14.0. The summed E-state index contributed by atoms with van der Waals surface area (Å²) in [5, 5.41) is -1.05. The highest BCUT2D eigenvalue weighted by Crippen LogP contribution is 2.28. The van der Waals surface area contributed by atoms with E-state index in [1.807, 2.05) is 30.3 Å². The molecule has 7 nitrogen and oxygen atoms in total. The SMILES string of the molecule is CC(C)N(Cc1ccccc1)S(=O)(=O)c1cccc(S(=O)(=O)[C@@H]2CCS(=O)(=O)C2)c1. The lowest BCUT2D eigenvalue weighted by molar-refractivity contribution is 0.348. The Bertz CT molecular complexity index is 1220. The third-order valence-corrected chi connectivity index (χ3v) is 11.3. The fraction of sp³-hybridized carbons (Fsp3) is 0.400. The molecule has 1 heterocycles. The highest BCUT2D eigenvalue weighted by molar-refractivity contribution is 7.96. The summed E-state index contributed by atoms with van der Waals surface area (Å²) in [6.07, 6.45) is 0.0216. The van der Waals surface area contributed by atoms with Crippen LogP contribution in [0.1, 0.15) is 25.8 Å². The van der Waals surface area contributed by atoms with Gasteiger partial charge < -0.3 is 0 Å². The molecule has 0 aromatic heterocycles. The Kier molecular flexibility index (Phi) is 6.43. The molecule has 0 unspecified atom stereocenters. The predicted molar refractivity (Wildman–Crippen MR) is 115 cm³/mol. The zero-order valence-corrected chi connectivity index (χ0v) is 19.3. The standard InChI is InChI=1S/C20H25NO6S3/c1-16(2)21(14-17-7-4-3-5-8-17)30(26,27)19-10-6-9-18(13-19)29(24,25)20-11-12-28(22,23)15-20/h3-10,13,16,20H,11-12,14-15H2,1-2H3/t20-/m1/s1. The average molecular weight is 472 g/mol. The number of sulfonamides is 1. The van der Waals surface area contributed by atoms with Crippen LogP contribution in [-0.4, -0.2) is 52.4 Å². The number of benzene rings is 2. The van der Waals surface area contributed by atoms with Crippen LogP contribution in [0.15, 0.2) is 64.4 Å². The van der Waals surface area contributed by atoms with Crippen LogP contribution in [0.4, 0.5) is 0 Å². The van der Waals surface area contributed by atoms with Crippen molar-refractivity contribution in [1.29, 1.82) is 0 Å². The summed E-state index contributed by atoms with van der Waals surface area (Å²) >= 11 is 0. The zero-order valence-electron chi connectivity index (χ0n) is 16.8. The molecule has 3 rings (SSSR count). The van der Waals surface area contributed by atoms with Crippen LogP contribution in [0, 0.1) is 0 Å². The second-order valence-electron chi connectivity index (χ2n) is 7.67. The molecule has 1 atom stereocenters. The minimum Gasteiger partial charge on any atom is -0.229 e. The van der Waals surface area contributed by atoms with Gasteiger partial charge in [0.05, 0.1) is 26.5 Å². The zero-order chi connectivity index (χ0) is 22.2. The highest BCUT2D eigenvalue weighted by atomic mass is 32.2. The molecule has 10 heteroatoms. The van der Waals surface area contributed by atoms with Crippen LogP contribution in [0.3, 0.4) is 0 Å². The van der Waals surface area contributed by atoms with Crippen LogP contribution in [-0.2, 0) is 36.2 Å². The first-order valence-corrected chi connectivity index (χ1v) is 14.3. The number of nitrogens with zero attached hydrogens (tertiary/aromatic N) is 1. The fourth-order valence-electron chi connectivity index (χ4n) is 3.45. The summed E-state index contributed by atoms with van der Waals surface area (Å²) in [6.45, 7) is 3.66. The van der Waals surface area contributed by atoms with E-state index >= 15 is 0 Å². The lowest BCUT2D eigenvalue weighted by Gasteiger charge is -2.26. The van der Waals surface area contributed by atoms with Gasteiger partial charge in [0, 0.05) is 12.6 Å². The molecule has 0 N–H and O–H groups in total. The quantitative estimate of drug-likeness (QED) is 0.613. The maximum atomic E-state index is 13.3. The first-order chi connectivity index (χ1) is 13.9. The molecule has 2 aromatic rings. The molecule has 1 fully saturated rings. The maximum Gasteiger partial charge on any atom is 0.243 e. The smallest absolute Gasteiger partial charge is 0.229 e. The molecule has 30 heavy (non-hydrogen) atoms. The third-order valence-electron chi connectivity index (χ3n) is 5.13. The van der Waals surface area contributed by atoms with Crippen molar-refractivity contribution in [3.05, 3.63) is 60.2 Å². The van der Waals surface area contributed by atoms with E-state index < -0.39 is 40.7 Å². The molecule has 0 aliphatic carbocycles. The Labute approximate surface area is 178 Å². The number of sulfone groups is 2. The van der Waals surface area contributed by atoms with Crippen molar-refractivity contribution >= 4 is 29.7 Å². The van der Waals surface area contributed by atoms with Crippen LogP contribution in [0.2, 0.25) is 0 Å². The molecule has 0 bridgehead atoms. The van der Waals surface area contributed by atoms with Crippen molar-refractivity contribution in [2.75, 3.05) is 11.5 Å². The van der Waals surface area contributed by atoms with E-state index in [1.54, 1.807) is 13.8 Å². The molecule has 1 aliphatic rings. The molecule has 0 amide bonds. The normalized spacial score (nSPS) is 19.4. The summed E-state index contributed by atoms with van der Waals surface area (Å²) in [4.78, 5) is -0.303. The Balaban J connectivity index is 1.97. The van der Waals surface area contributed by atoms with Crippen molar-refractivity contribution < 1.29 is 25.3 Å². The van der Waals surface area contributed by atoms with Crippen molar-refractivity contribution in [2.24, 2.45) is 0 Å². The summed E-state index contributed by atoms with van der Waals surface area (Å²) < 4.78 is 77.2. The highest BCUT2D eigenvalue weighted by Gasteiger charge is 2.38. The van der Waals surface area contributed by atoms with E-state index in [4.69, 9.17) is 0 Å². The van der Waals surface area contributed by atoms with Gasteiger partial charge in [0.1, 0.15) is 0 Å². The van der Waals surface area contributed by atoms with Gasteiger partial charge in [-0.3, -0.25) is 0 Å². The minimum atomic E-state index is -3.98. The van der Waals surface area contributed by atoms with Gasteiger partial charge in [0.2, 0.25) is 10.0 Å². The van der Waals surface area contributed by atoms with Gasteiger partial charge in [-0.25, -0.2) is 25.3 Å². The number of rotatable bonds is 7. The molecule has 0 radical (unpaired) electrons. The topological polar surface area (TPSA) is 106 Å². The molecule has 2 aromatic carbocycles. The monoisotopic (exact) mass is 471 g/mol. The Morgan fingerprint density at radius 3 is 2.17 bits per heavy atom. The lowest BCUT2D eigenvalue weighted by Crippen LogP contribution is -2.36. The number of hydrogen-bond acceptors (Lipinski definition) is 6.